The van der Waals surface area contributed by atoms with E-state index in [9.17, 15) is 22.4 Å². The van der Waals surface area contributed by atoms with Crippen LogP contribution >= 0.6 is 11.3 Å². The Balaban J connectivity index is 1.42. The summed E-state index contributed by atoms with van der Waals surface area (Å²) in [6.45, 7) is 0.865. The van der Waals surface area contributed by atoms with Gasteiger partial charge in [0, 0.05) is 30.6 Å². The molecule has 3 aromatic carbocycles. The summed E-state index contributed by atoms with van der Waals surface area (Å²) in [5.41, 5.74) is 1.29. The number of hydrogen-bond acceptors (Lipinski definition) is 6. The van der Waals surface area contributed by atoms with Crippen LogP contribution in [0.2, 0.25) is 0 Å². The predicted octanol–water partition coefficient (Wildman–Crippen LogP) is 6.49. The Kier molecular flexibility index (Phi) is 9.95. The summed E-state index contributed by atoms with van der Waals surface area (Å²) in [5, 5.41) is 5.06. The molecule has 1 aromatic heterocycles. The van der Waals surface area contributed by atoms with E-state index >= 15 is 0 Å². The topological polar surface area (TPSA) is 63.7 Å². The van der Waals surface area contributed by atoms with E-state index in [4.69, 9.17) is 9.47 Å². The second-order valence-electron chi connectivity index (χ2n) is 9.26. The van der Waals surface area contributed by atoms with Crippen LogP contribution < -0.4 is 14.8 Å². The number of amides is 1. The largest absolute Gasteiger partial charge is 0.493 e. The van der Waals surface area contributed by atoms with Crippen molar-refractivity contribution < 1.29 is 31.8 Å². The first kappa shape index (κ1) is 30.0. The molecule has 6 nitrogen and oxygen atoms in total. The fourth-order valence-electron chi connectivity index (χ4n) is 4.27. The van der Waals surface area contributed by atoms with Gasteiger partial charge in [-0.1, -0.05) is 42.5 Å². The minimum atomic E-state index is -4.47. The Morgan fingerprint density at radius 3 is 2.44 bits per heavy atom. The van der Waals surface area contributed by atoms with Crippen LogP contribution in [0.25, 0.3) is 0 Å². The summed E-state index contributed by atoms with van der Waals surface area (Å²) >= 11 is 1.26. The molecule has 0 spiro atoms. The molecule has 11 heteroatoms. The van der Waals surface area contributed by atoms with Gasteiger partial charge in [0.25, 0.3) is 5.91 Å². The monoisotopic (exact) mass is 587 g/mol. The van der Waals surface area contributed by atoms with Crippen molar-refractivity contribution in [3.63, 3.8) is 0 Å². The lowest BCUT2D eigenvalue weighted by Gasteiger charge is -2.22. The number of carbonyl (C=O) groups excluding carboxylic acids is 1. The number of benzene rings is 3. The van der Waals surface area contributed by atoms with Crippen LogP contribution in [-0.4, -0.2) is 36.6 Å². The van der Waals surface area contributed by atoms with Crippen LogP contribution in [0.15, 0.2) is 72.1 Å². The third kappa shape index (κ3) is 8.27. The third-order valence-corrected chi connectivity index (χ3v) is 7.14. The number of thiazole rings is 1. The number of rotatable bonds is 12. The summed E-state index contributed by atoms with van der Waals surface area (Å²) < 4.78 is 64.8. The number of carbonyl (C=O) groups is 1. The van der Waals surface area contributed by atoms with Gasteiger partial charge in [-0.15, -0.1) is 11.3 Å². The lowest BCUT2D eigenvalue weighted by Crippen LogP contribution is -2.26. The molecule has 0 unspecified atom stereocenters. The molecule has 216 valence electrons. The van der Waals surface area contributed by atoms with Crippen molar-refractivity contribution in [1.82, 2.24) is 15.2 Å². The van der Waals surface area contributed by atoms with Gasteiger partial charge >= 0.3 is 6.18 Å². The maximum absolute atomic E-state index is 14.4. The highest BCUT2D eigenvalue weighted by Gasteiger charge is 2.30. The molecule has 0 radical (unpaired) electrons. The Morgan fingerprint density at radius 1 is 0.927 bits per heavy atom. The molecule has 1 heterocycles. The van der Waals surface area contributed by atoms with E-state index in [-0.39, 0.29) is 31.2 Å². The first-order chi connectivity index (χ1) is 19.7. The molecule has 0 saturated heterocycles. The van der Waals surface area contributed by atoms with Gasteiger partial charge in [-0.05, 0) is 41.8 Å². The van der Waals surface area contributed by atoms with Crippen LogP contribution in [0, 0.1) is 5.82 Å². The lowest BCUT2D eigenvalue weighted by molar-refractivity contribution is -0.137. The van der Waals surface area contributed by atoms with Crippen molar-refractivity contribution in [3.05, 3.63) is 111 Å². The molecule has 0 saturated carbocycles. The van der Waals surface area contributed by atoms with Crippen LogP contribution in [0.1, 0.15) is 37.7 Å². The van der Waals surface area contributed by atoms with Gasteiger partial charge in [0.05, 0.1) is 26.3 Å². The van der Waals surface area contributed by atoms with Gasteiger partial charge in [0.2, 0.25) is 0 Å². The fourth-order valence-corrected chi connectivity index (χ4v) is 5.08. The van der Waals surface area contributed by atoms with Crippen molar-refractivity contribution in [2.24, 2.45) is 0 Å². The molecule has 0 atom stereocenters. The zero-order valence-electron chi connectivity index (χ0n) is 22.5. The SMILES string of the molecule is COc1ccc(CCNC(=O)c2csc(CN(Cc3cccc(C(F)(F)F)c3)Cc3ccccc3F)n2)cc1OC. The van der Waals surface area contributed by atoms with E-state index in [1.54, 1.807) is 54.8 Å². The zero-order chi connectivity index (χ0) is 29.4. The molecule has 1 amide bonds. The highest BCUT2D eigenvalue weighted by molar-refractivity contribution is 7.09. The molecule has 4 rings (SSSR count). The van der Waals surface area contributed by atoms with E-state index in [0.29, 0.717) is 40.6 Å². The van der Waals surface area contributed by atoms with E-state index in [1.165, 1.54) is 23.5 Å². The van der Waals surface area contributed by atoms with E-state index in [1.807, 2.05) is 12.1 Å². The summed E-state index contributed by atoms with van der Waals surface area (Å²) in [6.07, 6.45) is -3.90. The van der Waals surface area contributed by atoms with E-state index in [0.717, 1.165) is 17.7 Å². The standard InChI is InChI=1S/C30H29F4N3O3S/c1-39-26-11-10-20(15-27(26)40-2)12-13-35-29(38)25-19-41-28(36-25)18-37(17-22-7-3-4-9-24(22)31)16-21-6-5-8-23(14-21)30(32,33)34/h3-11,14-15,19H,12-13,16-18H2,1-2H3,(H,35,38). The minimum Gasteiger partial charge on any atom is -0.493 e. The van der Waals surface area contributed by atoms with Crippen molar-refractivity contribution in [2.45, 2.75) is 32.2 Å². The molecule has 4 aromatic rings. The van der Waals surface area contributed by atoms with E-state index < -0.39 is 17.6 Å². The van der Waals surface area contributed by atoms with Crippen LogP contribution in [0.5, 0.6) is 11.5 Å². The third-order valence-electron chi connectivity index (χ3n) is 6.30. The molecule has 0 fully saturated rings. The van der Waals surface area contributed by atoms with Crippen molar-refractivity contribution in [1.29, 1.82) is 0 Å². The highest BCUT2D eigenvalue weighted by Crippen LogP contribution is 2.30. The fraction of sp³-hybridized carbons (Fsp3) is 0.267. The average Bonchev–Trinajstić information content (AvgIpc) is 3.42. The summed E-state index contributed by atoms with van der Waals surface area (Å²) in [4.78, 5) is 19.0. The van der Waals surface area contributed by atoms with Crippen LogP contribution in [-0.2, 0) is 32.2 Å². The number of alkyl halides is 3. The van der Waals surface area contributed by atoms with Gasteiger partial charge in [-0.2, -0.15) is 13.2 Å². The van der Waals surface area contributed by atoms with Gasteiger partial charge in [-0.3, -0.25) is 9.69 Å². The summed E-state index contributed by atoms with van der Waals surface area (Å²) in [6, 6.07) is 16.9. The quantitative estimate of drug-likeness (QED) is 0.192. The molecule has 0 aliphatic carbocycles. The molecular weight excluding hydrogens is 558 g/mol. The van der Waals surface area contributed by atoms with Crippen molar-refractivity contribution in [2.75, 3.05) is 20.8 Å². The predicted molar refractivity (Wildman–Crippen MR) is 148 cm³/mol. The Labute approximate surface area is 239 Å². The number of ether oxygens (including phenoxy) is 2. The van der Waals surface area contributed by atoms with Gasteiger partial charge < -0.3 is 14.8 Å². The zero-order valence-corrected chi connectivity index (χ0v) is 23.3. The molecule has 0 aliphatic rings. The highest BCUT2D eigenvalue weighted by atomic mass is 32.1. The van der Waals surface area contributed by atoms with Crippen LogP contribution in [0.3, 0.4) is 0 Å². The maximum Gasteiger partial charge on any atom is 0.416 e. The normalized spacial score (nSPS) is 11.5. The van der Waals surface area contributed by atoms with Crippen molar-refractivity contribution >= 4 is 17.2 Å². The number of aromatic nitrogens is 1. The molecule has 0 bridgehead atoms. The number of hydrogen-bond donors (Lipinski definition) is 1. The number of halogens is 4. The number of methoxy groups -OCH3 is 2. The molecule has 41 heavy (non-hydrogen) atoms. The molecule has 0 aliphatic heterocycles. The average molecular weight is 588 g/mol. The first-order valence-corrected chi connectivity index (χ1v) is 13.6. The number of nitrogens with one attached hydrogen (secondary N) is 1. The molecular formula is C30H29F4N3O3S. The van der Waals surface area contributed by atoms with Gasteiger partial charge in [0.15, 0.2) is 11.5 Å². The van der Waals surface area contributed by atoms with E-state index in [2.05, 4.69) is 10.3 Å². The maximum atomic E-state index is 14.4. The Morgan fingerprint density at radius 2 is 1.71 bits per heavy atom. The summed E-state index contributed by atoms with van der Waals surface area (Å²) in [7, 11) is 3.12. The van der Waals surface area contributed by atoms with Gasteiger partial charge in [-0.25, -0.2) is 9.37 Å². The smallest absolute Gasteiger partial charge is 0.416 e. The lowest BCUT2D eigenvalue weighted by atomic mass is 10.1. The molecule has 1 N–H and O–H groups in total. The Hall–Kier alpha value is -3.96. The summed E-state index contributed by atoms with van der Waals surface area (Å²) in [5.74, 6) is 0.472. The second kappa shape index (κ2) is 13.6. The number of nitrogens with zero attached hydrogens (tertiary/aromatic N) is 2. The van der Waals surface area contributed by atoms with Crippen LogP contribution in [0.4, 0.5) is 17.6 Å². The minimum absolute atomic E-state index is 0.130. The van der Waals surface area contributed by atoms with Crippen molar-refractivity contribution in [3.8, 4) is 11.5 Å². The first-order valence-electron chi connectivity index (χ1n) is 12.7. The second-order valence-corrected chi connectivity index (χ2v) is 10.2. The van der Waals surface area contributed by atoms with Gasteiger partial charge in [0.1, 0.15) is 16.5 Å². The Bertz CT molecular complexity index is 1480.